The highest BCUT2D eigenvalue weighted by molar-refractivity contribution is 5.27. The van der Waals surface area contributed by atoms with Gasteiger partial charge in [-0.1, -0.05) is 0 Å². The average Bonchev–Trinajstić information content (AvgIpc) is 2.01. The van der Waals surface area contributed by atoms with Gasteiger partial charge in [0.2, 0.25) is 0 Å². The summed E-state index contributed by atoms with van der Waals surface area (Å²) < 4.78 is 39.7. The first-order valence-electron chi connectivity index (χ1n) is 3.52. The zero-order chi connectivity index (χ0) is 9.90. The van der Waals surface area contributed by atoms with Crippen LogP contribution in [0.3, 0.4) is 0 Å². The summed E-state index contributed by atoms with van der Waals surface area (Å²) in [4.78, 5) is 3.60. The molecule has 1 aromatic rings. The molecule has 0 saturated carbocycles. The summed E-state index contributed by atoms with van der Waals surface area (Å²) in [5, 5.41) is 0. The SMILES string of the molecule is Cc1[c]nccc1OCC(F)(F)F. The molecule has 1 radical (unpaired) electrons. The van der Waals surface area contributed by atoms with E-state index in [2.05, 4.69) is 15.9 Å². The average molecular weight is 190 g/mol. The van der Waals surface area contributed by atoms with Gasteiger partial charge in [-0.05, 0) is 13.0 Å². The number of aryl methyl sites for hydroxylation is 1. The van der Waals surface area contributed by atoms with Crippen LogP contribution in [0.15, 0.2) is 12.3 Å². The molecule has 2 nitrogen and oxygen atoms in total. The summed E-state index contributed by atoms with van der Waals surface area (Å²) in [6.45, 7) is 0.296. The van der Waals surface area contributed by atoms with Crippen molar-refractivity contribution in [1.29, 1.82) is 0 Å². The van der Waals surface area contributed by atoms with Crippen LogP contribution in [-0.4, -0.2) is 17.8 Å². The van der Waals surface area contributed by atoms with Crippen molar-refractivity contribution in [2.24, 2.45) is 0 Å². The maximum absolute atomic E-state index is 11.7. The molecule has 0 fully saturated rings. The molecule has 71 valence electrons. The van der Waals surface area contributed by atoms with Crippen molar-refractivity contribution in [2.75, 3.05) is 6.61 Å². The largest absolute Gasteiger partial charge is 0.484 e. The third-order valence-corrected chi connectivity index (χ3v) is 1.29. The van der Waals surface area contributed by atoms with Crippen LogP contribution in [0.4, 0.5) is 13.2 Å². The van der Waals surface area contributed by atoms with Crippen molar-refractivity contribution in [3.8, 4) is 5.75 Å². The molecule has 0 N–H and O–H groups in total. The van der Waals surface area contributed by atoms with Crippen molar-refractivity contribution in [2.45, 2.75) is 13.1 Å². The maximum atomic E-state index is 11.7. The van der Waals surface area contributed by atoms with Crippen LogP contribution in [0.2, 0.25) is 0 Å². The first kappa shape index (κ1) is 9.83. The Kier molecular flexibility index (Phi) is 2.75. The van der Waals surface area contributed by atoms with E-state index < -0.39 is 12.8 Å². The van der Waals surface area contributed by atoms with Gasteiger partial charge in [-0.2, -0.15) is 13.2 Å². The molecule has 0 aliphatic heterocycles. The molecule has 0 amide bonds. The third-order valence-electron chi connectivity index (χ3n) is 1.29. The van der Waals surface area contributed by atoms with Crippen molar-refractivity contribution in [1.82, 2.24) is 4.98 Å². The highest BCUT2D eigenvalue weighted by Crippen LogP contribution is 2.19. The van der Waals surface area contributed by atoms with E-state index in [1.807, 2.05) is 0 Å². The standard InChI is InChI=1S/C8H7F3NO/c1-6-4-12-3-2-7(6)13-5-8(9,10)11/h2-3H,5H2,1H3. The Balaban J connectivity index is 2.60. The summed E-state index contributed by atoms with van der Waals surface area (Å²) >= 11 is 0. The number of hydrogen-bond acceptors (Lipinski definition) is 2. The maximum Gasteiger partial charge on any atom is 0.422 e. The first-order chi connectivity index (χ1) is 5.99. The van der Waals surface area contributed by atoms with Crippen molar-refractivity contribution >= 4 is 0 Å². The van der Waals surface area contributed by atoms with E-state index in [1.54, 1.807) is 6.92 Å². The quantitative estimate of drug-likeness (QED) is 0.712. The highest BCUT2D eigenvalue weighted by atomic mass is 19.4. The van der Waals surface area contributed by atoms with Gasteiger partial charge in [-0.15, -0.1) is 0 Å². The monoisotopic (exact) mass is 190 g/mol. The van der Waals surface area contributed by atoms with Crippen LogP contribution in [0.5, 0.6) is 5.75 Å². The number of pyridine rings is 1. The minimum Gasteiger partial charge on any atom is -0.484 e. The lowest BCUT2D eigenvalue weighted by Gasteiger charge is -2.09. The summed E-state index contributed by atoms with van der Waals surface area (Å²) in [6, 6.07) is 1.37. The molecule has 0 aromatic carbocycles. The van der Waals surface area contributed by atoms with E-state index in [0.717, 1.165) is 0 Å². The van der Waals surface area contributed by atoms with Gasteiger partial charge in [0, 0.05) is 11.8 Å². The second-order valence-electron chi connectivity index (χ2n) is 2.45. The minimum atomic E-state index is -4.31. The summed E-state index contributed by atoms with van der Waals surface area (Å²) in [7, 11) is 0. The van der Waals surface area contributed by atoms with Crippen LogP contribution < -0.4 is 4.74 Å². The van der Waals surface area contributed by atoms with Crippen molar-refractivity contribution in [3.63, 3.8) is 0 Å². The van der Waals surface area contributed by atoms with Crippen molar-refractivity contribution < 1.29 is 17.9 Å². The van der Waals surface area contributed by atoms with Gasteiger partial charge in [0.15, 0.2) is 6.61 Å². The second kappa shape index (κ2) is 3.64. The fourth-order valence-electron chi connectivity index (χ4n) is 0.735. The molecule has 1 heterocycles. The lowest BCUT2D eigenvalue weighted by molar-refractivity contribution is -0.153. The van der Waals surface area contributed by atoms with Gasteiger partial charge in [-0.25, -0.2) is 0 Å². The zero-order valence-corrected chi connectivity index (χ0v) is 6.85. The molecular formula is C8H7F3NO. The van der Waals surface area contributed by atoms with E-state index in [0.29, 0.717) is 5.56 Å². The number of aromatic nitrogens is 1. The lowest BCUT2D eigenvalue weighted by atomic mass is 10.3. The Labute approximate surface area is 73.4 Å². The van der Waals surface area contributed by atoms with Crippen LogP contribution in [0.25, 0.3) is 0 Å². The number of nitrogens with zero attached hydrogens (tertiary/aromatic N) is 1. The van der Waals surface area contributed by atoms with Gasteiger partial charge in [0.1, 0.15) is 5.75 Å². The van der Waals surface area contributed by atoms with Crippen molar-refractivity contribution in [3.05, 3.63) is 24.0 Å². The number of hydrogen-bond donors (Lipinski definition) is 0. The van der Waals surface area contributed by atoms with E-state index in [9.17, 15) is 13.2 Å². The topological polar surface area (TPSA) is 22.1 Å². The van der Waals surface area contributed by atoms with Crippen LogP contribution >= 0.6 is 0 Å². The Bertz CT molecular complexity index is 285. The summed E-state index contributed by atoms with van der Waals surface area (Å²) in [5.41, 5.74) is 0.465. The predicted molar refractivity (Wildman–Crippen MR) is 39.4 cm³/mol. The molecule has 5 heteroatoms. The molecule has 0 atom stereocenters. The number of rotatable bonds is 2. The normalized spacial score (nSPS) is 11.4. The van der Waals surface area contributed by atoms with E-state index in [1.165, 1.54) is 12.3 Å². The Hall–Kier alpha value is -1.26. The number of alkyl halides is 3. The summed E-state index contributed by atoms with van der Waals surface area (Å²) in [6.07, 6.45) is -0.484. The molecule has 0 bridgehead atoms. The van der Waals surface area contributed by atoms with Gasteiger partial charge < -0.3 is 4.74 Å². The lowest BCUT2D eigenvalue weighted by Crippen LogP contribution is -2.19. The Morgan fingerprint density at radius 2 is 2.23 bits per heavy atom. The van der Waals surface area contributed by atoms with Crippen LogP contribution in [0.1, 0.15) is 5.56 Å². The molecule has 1 rings (SSSR count). The molecule has 1 aromatic heterocycles. The molecule has 0 saturated heterocycles. The van der Waals surface area contributed by atoms with Crippen LogP contribution in [-0.2, 0) is 0 Å². The fourth-order valence-corrected chi connectivity index (χ4v) is 0.735. The minimum absolute atomic E-state index is 0.160. The molecule has 0 unspecified atom stereocenters. The van der Waals surface area contributed by atoms with E-state index in [4.69, 9.17) is 0 Å². The van der Waals surface area contributed by atoms with Gasteiger partial charge >= 0.3 is 6.18 Å². The number of halogens is 3. The Morgan fingerprint density at radius 3 is 2.77 bits per heavy atom. The van der Waals surface area contributed by atoms with E-state index >= 15 is 0 Å². The molecular weight excluding hydrogens is 183 g/mol. The number of ether oxygens (including phenoxy) is 1. The molecule has 0 aliphatic carbocycles. The molecule has 0 spiro atoms. The third kappa shape index (κ3) is 3.31. The summed E-state index contributed by atoms with van der Waals surface area (Å²) in [5.74, 6) is 0.160. The smallest absolute Gasteiger partial charge is 0.422 e. The van der Waals surface area contributed by atoms with Gasteiger partial charge in [0.05, 0.1) is 6.20 Å². The Morgan fingerprint density at radius 1 is 1.54 bits per heavy atom. The molecule has 13 heavy (non-hydrogen) atoms. The van der Waals surface area contributed by atoms with Gasteiger partial charge in [-0.3, -0.25) is 4.98 Å². The predicted octanol–water partition coefficient (Wildman–Crippen LogP) is 2.13. The second-order valence-corrected chi connectivity index (χ2v) is 2.45. The molecule has 0 aliphatic rings. The van der Waals surface area contributed by atoms with Gasteiger partial charge in [0.25, 0.3) is 0 Å². The zero-order valence-electron chi connectivity index (χ0n) is 6.85. The highest BCUT2D eigenvalue weighted by Gasteiger charge is 2.28. The van der Waals surface area contributed by atoms with Crippen LogP contribution in [0, 0.1) is 13.1 Å². The van der Waals surface area contributed by atoms with E-state index in [-0.39, 0.29) is 5.75 Å². The first-order valence-corrected chi connectivity index (χ1v) is 3.52. The fraction of sp³-hybridized carbons (Fsp3) is 0.375.